The molecule has 0 atom stereocenters. The second-order valence-corrected chi connectivity index (χ2v) is 26.5. The Bertz CT molecular complexity index is 1830. The molecule has 8 heteroatoms. The summed E-state index contributed by atoms with van der Waals surface area (Å²) in [5, 5.41) is 1.26. The van der Waals surface area contributed by atoms with Crippen LogP contribution in [0, 0.1) is 26.9 Å². The van der Waals surface area contributed by atoms with Gasteiger partial charge in [0.2, 0.25) is 0 Å². The van der Waals surface area contributed by atoms with Crippen LogP contribution in [-0.2, 0) is 29.9 Å². The number of aliphatic imine (C=N–C) groups is 2. The minimum absolute atomic E-state index is 0. The Hall–Kier alpha value is -3.10. The van der Waals surface area contributed by atoms with E-state index in [0.29, 0.717) is 10.0 Å². The number of nitrogens with zero attached hydrogens (tertiary/aromatic N) is 3. The van der Waals surface area contributed by atoms with E-state index in [1.54, 1.807) is 0 Å². The first-order chi connectivity index (χ1) is 24.4. The van der Waals surface area contributed by atoms with Gasteiger partial charge in [-0.2, -0.15) is 0 Å². The van der Waals surface area contributed by atoms with Gasteiger partial charge in [-0.25, -0.2) is 15.0 Å². The number of halogens is 2. The first-order valence-electron chi connectivity index (χ1n) is 17.9. The largest absolute Gasteiger partial charge is 2.00 e. The molecular weight excluding hydrogens is 765 g/mol. The molecule has 0 aliphatic rings. The maximum Gasteiger partial charge on any atom is 2.00 e. The Labute approximate surface area is 342 Å². The summed E-state index contributed by atoms with van der Waals surface area (Å²) in [6, 6.07) is 34.4. The van der Waals surface area contributed by atoms with Crippen LogP contribution >= 0.6 is 23.2 Å². The quantitative estimate of drug-likeness (QED) is 0.0873. The molecule has 0 fully saturated rings. The van der Waals surface area contributed by atoms with E-state index in [9.17, 15) is 0 Å². The Morgan fingerprint density at radius 3 is 1.19 bits per heavy atom. The molecule has 53 heavy (non-hydrogen) atoms. The van der Waals surface area contributed by atoms with E-state index in [0.717, 1.165) is 80.4 Å². The number of hydrogen-bond donors (Lipinski definition) is 0. The minimum atomic E-state index is -0.861. The third-order valence-corrected chi connectivity index (χ3v) is 7.69. The third kappa shape index (κ3) is 15.7. The second-order valence-electron chi connectivity index (χ2n) is 15.4. The molecule has 0 bridgehead atoms. The first-order valence-corrected chi connectivity index (χ1v) is 26.1. The van der Waals surface area contributed by atoms with Crippen molar-refractivity contribution in [2.75, 3.05) is 0 Å². The van der Waals surface area contributed by atoms with Gasteiger partial charge < -0.3 is 13.1 Å². The van der Waals surface area contributed by atoms with Crippen LogP contribution in [0.5, 0.6) is 0 Å². The van der Waals surface area contributed by atoms with Crippen molar-refractivity contribution in [1.82, 2.24) is 4.98 Å². The molecule has 0 saturated heterocycles. The molecule has 3 nitrogen and oxygen atoms in total. The molecule has 5 rings (SSSR count). The first kappa shape index (κ1) is 46.1. The molecule has 0 N–H and O–H groups in total. The fourth-order valence-electron chi connectivity index (χ4n) is 5.06. The molecular formula is C45H55Cl2FeN3Si2. The zero-order chi connectivity index (χ0) is 38.6. The van der Waals surface area contributed by atoms with Crippen molar-refractivity contribution in [3.05, 3.63) is 171 Å². The Balaban J connectivity index is 0.000000783. The fourth-order valence-corrected chi connectivity index (χ4v) is 5.73. The van der Waals surface area contributed by atoms with Crippen molar-refractivity contribution in [1.29, 1.82) is 0 Å². The van der Waals surface area contributed by atoms with Gasteiger partial charge in [0.05, 0.1) is 44.2 Å². The van der Waals surface area contributed by atoms with Gasteiger partial charge in [0.15, 0.2) is 0 Å². The maximum absolute atomic E-state index is 6.78. The Morgan fingerprint density at radius 2 is 0.887 bits per heavy atom. The molecule has 0 spiro atoms. The van der Waals surface area contributed by atoms with Crippen molar-refractivity contribution < 1.29 is 17.1 Å². The van der Waals surface area contributed by atoms with Crippen LogP contribution in [0.15, 0.2) is 113 Å². The summed E-state index contributed by atoms with van der Waals surface area (Å²) in [6.45, 7) is 29.5. The van der Waals surface area contributed by atoms with E-state index in [1.807, 2.05) is 91.0 Å². The summed E-state index contributed by atoms with van der Waals surface area (Å²) in [5.74, 6) is 0. The molecule has 0 radical (unpaired) electrons. The summed E-state index contributed by atoms with van der Waals surface area (Å²) in [7, 11) is -1.72. The summed E-state index contributed by atoms with van der Waals surface area (Å²) in [6.07, 6.45) is 1.63. The predicted molar refractivity (Wildman–Crippen MR) is 236 cm³/mol. The van der Waals surface area contributed by atoms with Crippen LogP contribution < -0.4 is 0 Å². The van der Waals surface area contributed by atoms with E-state index in [-0.39, 0.29) is 17.1 Å². The normalized spacial score (nSPS) is 11.8. The molecule has 1 heterocycles. The Morgan fingerprint density at radius 1 is 0.566 bits per heavy atom. The van der Waals surface area contributed by atoms with Gasteiger partial charge in [0, 0.05) is 11.1 Å². The zero-order valence-corrected chi connectivity index (χ0v) is 37.7. The summed E-state index contributed by atoms with van der Waals surface area (Å²) < 4.78 is 0. The molecule has 0 saturated carbocycles. The molecule has 0 aliphatic carbocycles. The van der Waals surface area contributed by atoms with Crippen LogP contribution in [0.1, 0.15) is 58.6 Å². The number of aromatic nitrogens is 1. The standard InChI is InChI=1S/C37H33Cl2N3.2C4H11Si.Fe/c1-5-26-20-24(3)22-30(38)34(26)41-36(28-14-9-7-10-15-28)32-18-13-19-33(40-32)37(29-16-11-8-12-17-29)42-35-27(6-2)21-25(4)23-31(35)39;2*1-5(2,3)4;/h7-23H,5-6H2,1-4H3;2*1H2,2-4H3;/q;2*-1;+2. The smallest absolute Gasteiger partial charge is 0.342 e. The average Bonchev–Trinajstić information content (AvgIpc) is 3.06. The summed E-state index contributed by atoms with van der Waals surface area (Å²) >= 11 is 13.6. The molecule has 4 aromatic carbocycles. The number of hydrogen-bond acceptors (Lipinski definition) is 3. The summed E-state index contributed by atoms with van der Waals surface area (Å²) in [4.78, 5) is 15.5. The number of rotatable bonds is 8. The molecule has 0 unspecified atom stereocenters. The minimum Gasteiger partial charge on any atom is -0.342 e. The van der Waals surface area contributed by atoms with Crippen LogP contribution in [0.2, 0.25) is 49.3 Å². The number of aryl methyl sites for hydroxylation is 4. The van der Waals surface area contributed by atoms with Gasteiger partial charge in [0.25, 0.3) is 0 Å². The van der Waals surface area contributed by atoms with Gasteiger partial charge in [-0.3, -0.25) is 0 Å². The molecule has 5 aromatic rings. The SMILES string of the molecule is CCc1cc(C)cc(Cl)c1N=C(c1ccccc1)c1cccc(C(=Nc2c(Cl)cc(C)cc2CC)c2ccccc2)n1.[CH2-][Si](C)(C)C.[CH2-][Si](C)(C)C.[Fe+2]. The van der Waals surface area contributed by atoms with Crippen molar-refractivity contribution in [2.45, 2.75) is 79.8 Å². The van der Waals surface area contributed by atoms with Crippen molar-refractivity contribution in [2.24, 2.45) is 9.98 Å². The van der Waals surface area contributed by atoms with Gasteiger partial charge in [-0.15, -0.1) is 16.1 Å². The van der Waals surface area contributed by atoms with Crippen LogP contribution in [0.3, 0.4) is 0 Å². The van der Waals surface area contributed by atoms with Crippen LogP contribution in [-0.4, -0.2) is 32.6 Å². The van der Waals surface area contributed by atoms with Crippen molar-refractivity contribution >= 4 is 62.1 Å². The summed E-state index contributed by atoms with van der Waals surface area (Å²) in [5.41, 5.74) is 10.8. The maximum atomic E-state index is 6.78. The van der Waals surface area contributed by atoms with Crippen molar-refractivity contribution in [3.8, 4) is 0 Å². The van der Waals surface area contributed by atoms with E-state index >= 15 is 0 Å². The van der Waals surface area contributed by atoms with Gasteiger partial charge in [0.1, 0.15) is 0 Å². The van der Waals surface area contributed by atoms with Crippen molar-refractivity contribution in [3.63, 3.8) is 0 Å². The van der Waals surface area contributed by atoms with Crippen LogP contribution in [0.4, 0.5) is 11.4 Å². The fraction of sp³-hybridized carbons (Fsp3) is 0.267. The van der Waals surface area contributed by atoms with E-state index in [4.69, 9.17) is 38.2 Å². The number of pyridine rings is 1. The molecule has 280 valence electrons. The van der Waals surface area contributed by atoms with E-state index in [2.05, 4.69) is 92.2 Å². The topological polar surface area (TPSA) is 37.6 Å². The Kier molecular flexibility index (Phi) is 18.3. The monoisotopic (exact) mass is 819 g/mol. The van der Waals surface area contributed by atoms with Gasteiger partial charge in [-0.1, -0.05) is 155 Å². The van der Waals surface area contributed by atoms with E-state index in [1.165, 1.54) is 0 Å². The zero-order valence-electron chi connectivity index (χ0n) is 33.1. The van der Waals surface area contributed by atoms with Gasteiger partial charge in [-0.05, 0) is 73.2 Å². The van der Waals surface area contributed by atoms with E-state index < -0.39 is 16.1 Å². The third-order valence-electron chi connectivity index (χ3n) is 7.11. The average molecular weight is 821 g/mol. The number of benzene rings is 4. The predicted octanol–water partition coefficient (Wildman–Crippen LogP) is 13.9. The molecule has 0 amide bonds. The molecule has 0 aliphatic heterocycles. The van der Waals surface area contributed by atoms with Crippen LogP contribution in [0.25, 0.3) is 0 Å². The second kappa shape index (κ2) is 21.1. The van der Waals surface area contributed by atoms with Gasteiger partial charge >= 0.3 is 17.1 Å². The molecule has 1 aromatic heterocycles.